The molecule has 0 radical (unpaired) electrons. The van der Waals surface area contributed by atoms with E-state index in [9.17, 15) is 9.59 Å². The van der Waals surface area contributed by atoms with Crippen LogP contribution in [0.1, 0.15) is 42.2 Å². The number of hydrogen-bond acceptors (Lipinski definition) is 3. The summed E-state index contributed by atoms with van der Waals surface area (Å²) in [6, 6.07) is 12.3. The van der Waals surface area contributed by atoms with E-state index in [-0.39, 0.29) is 18.0 Å². The number of benzene rings is 1. The summed E-state index contributed by atoms with van der Waals surface area (Å²) in [5, 5.41) is 5.11. The molecule has 0 bridgehead atoms. The number of nitrogens with one attached hydrogen (secondary N) is 1. The molecule has 3 heterocycles. The monoisotopic (exact) mass is 369 g/mol. The van der Waals surface area contributed by atoms with Gasteiger partial charge in [-0.15, -0.1) is 11.3 Å². The van der Waals surface area contributed by atoms with Crippen molar-refractivity contribution in [1.82, 2.24) is 10.2 Å². The van der Waals surface area contributed by atoms with Gasteiger partial charge in [0.05, 0.1) is 6.04 Å². The lowest BCUT2D eigenvalue weighted by molar-refractivity contribution is -0.117. The maximum atomic E-state index is 12.6. The summed E-state index contributed by atoms with van der Waals surface area (Å²) in [5.41, 5.74) is 1.99. The third-order valence-corrected chi connectivity index (χ3v) is 6.12. The van der Waals surface area contributed by atoms with Crippen LogP contribution in [0.3, 0.4) is 0 Å². The molecule has 2 aliphatic rings. The molecule has 4 rings (SSSR count). The van der Waals surface area contributed by atoms with Crippen LogP contribution < -0.4 is 10.2 Å². The van der Waals surface area contributed by atoms with Crippen LogP contribution in [0.2, 0.25) is 0 Å². The molecule has 2 aliphatic heterocycles. The Balaban J connectivity index is 1.35. The lowest BCUT2D eigenvalue weighted by Crippen LogP contribution is -2.38. The molecule has 3 amide bonds. The Labute approximate surface area is 157 Å². The van der Waals surface area contributed by atoms with Gasteiger partial charge >= 0.3 is 6.03 Å². The first kappa shape index (κ1) is 17.1. The number of nitrogens with zero attached hydrogens (tertiary/aromatic N) is 2. The Hall–Kier alpha value is -2.34. The molecular formula is C20H23N3O2S. The standard InChI is InChI=1S/C20H23N3O2S/c24-19-6-2-11-22(19)16-9-7-15(8-10-16)14-21-20(25)23-12-1-4-17(23)18-5-3-13-26-18/h3,5,7-10,13,17H,1-2,4,6,11-12,14H2,(H,21,25). The average Bonchev–Trinajstić information content (AvgIpc) is 3.40. The largest absolute Gasteiger partial charge is 0.334 e. The lowest BCUT2D eigenvalue weighted by atomic mass is 10.2. The lowest BCUT2D eigenvalue weighted by Gasteiger charge is -2.24. The van der Waals surface area contributed by atoms with Crippen molar-refractivity contribution in [3.8, 4) is 0 Å². The smallest absolute Gasteiger partial charge is 0.318 e. The summed E-state index contributed by atoms with van der Waals surface area (Å²) in [7, 11) is 0. The van der Waals surface area contributed by atoms with E-state index < -0.39 is 0 Å². The van der Waals surface area contributed by atoms with E-state index in [2.05, 4.69) is 16.8 Å². The van der Waals surface area contributed by atoms with Crippen LogP contribution in [0.4, 0.5) is 10.5 Å². The molecule has 5 nitrogen and oxygen atoms in total. The van der Waals surface area contributed by atoms with Crippen LogP contribution in [0.25, 0.3) is 0 Å². The van der Waals surface area contributed by atoms with Gasteiger partial charge in [-0.1, -0.05) is 18.2 Å². The topological polar surface area (TPSA) is 52.7 Å². The molecule has 1 atom stereocenters. The second kappa shape index (κ2) is 7.50. The molecule has 6 heteroatoms. The van der Waals surface area contributed by atoms with Gasteiger partial charge in [-0.2, -0.15) is 0 Å². The zero-order valence-corrected chi connectivity index (χ0v) is 15.5. The zero-order valence-electron chi connectivity index (χ0n) is 14.7. The van der Waals surface area contributed by atoms with Crippen LogP contribution in [0, 0.1) is 0 Å². The molecule has 0 saturated carbocycles. The second-order valence-corrected chi connectivity index (χ2v) is 7.82. The fourth-order valence-electron chi connectivity index (χ4n) is 3.78. The minimum Gasteiger partial charge on any atom is -0.334 e. The second-order valence-electron chi connectivity index (χ2n) is 6.84. The van der Waals surface area contributed by atoms with E-state index in [0.717, 1.165) is 43.6 Å². The first-order valence-corrected chi connectivity index (χ1v) is 10.1. The van der Waals surface area contributed by atoms with Gasteiger partial charge in [0.25, 0.3) is 0 Å². The van der Waals surface area contributed by atoms with Gasteiger partial charge in [-0.25, -0.2) is 4.79 Å². The van der Waals surface area contributed by atoms with E-state index in [1.807, 2.05) is 40.1 Å². The molecule has 2 saturated heterocycles. The maximum Gasteiger partial charge on any atom is 0.318 e. The highest BCUT2D eigenvalue weighted by molar-refractivity contribution is 7.10. The van der Waals surface area contributed by atoms with Crippen molar-refractivity contribution in [3.05, 3.63) is 52.2 Å². The number of thiophene rings is 1. The normalized spacial score (nSPS) is 20.0. The molecule has 1 unspecified atom stereocenters. The van der Waals surface area contributed by atoms with E-state index in [1.54, 1.807) is 11.3 Å². The van der Waals surface area contributed by atoms with Crippen molar-refractivity contribution < 1.29 is 9.59 Å². The van der Waals surface area contributed by atoms with Gasteiger partial charge in [0, 0.05) is 36.6 Å². The SMILES string of the molecule is O=C1CCCN1c1ccc(CNC(=O)N2CCCC2c2cccs2)cc1. The number of anilines is 1. The van der Waals surface area contributed by atoms with Gasteiger partial charge < -0.3 is 15.1 Å². The Morgan fingerprint density at radius 1 is 1.15 bits per heavy atom. The highest BCUT2D eigenvalue weighted by Gasteiger charge is 2.30. The van der Waals surface area contributed by atoms with Crippen molar-refractivity contribution in [2.45, 2.75) is 38.3 Å². The van der Waals surface area contributed by atoms with E-state index in [0.29, 0.717) is 13.0 Å². The Morgan fingerprint density at radius 2 is 2.00 bits per heavy atom. The van der Waals surface area contributed by atoms with E-state index >= 15 is 0 Å². The van der Waals surface area contributed by atoms with Crippen molar-refractivity contribution >= 4 is 29.0 Å². The predicted molar refractivity (Wildman–Crippen MR) is 103 cm³/mol. The van der Waals surface area contributed by atoms with Crippen LogP contribution >= 0.6 is 11.3 Å². The minimum atomic E-state index is -0.000280. The number of carbonyl (C=O) groups is 2. The molecule has 1 N–H and O–H groups in total. The third-order valence-electron chi connectivity index (χ3n) is 5.15. The quantitative estimate of drug-likeness (QED) is 0.888. The van der Waals surface area contributed by atoms with Crippen LogP contribution in [-0.4, -0.2) is 29.9 Å². The molecule has 0 spiro atoms. The van der Waals surface area contributed by atoms with Crippen molar-refractivity contribution in [2.24, 2.45) is 0 Å². The first-order valence-electron chi connectivity index (χ1n) is 9.19. The molecular weight excluding hydrogens is 346 g/mol. The predicted octanol–water partition coefficient (Wildman–Crippen LogP) is 3.92. The van der Waals surface area contributed by atoms with Gasteiger partial charge in [0.15, 0.2) is 0 Å². The van der Waals surface area contributed by atoms with Gasteiger partial charge in [0.1, 0.15) is 0 Å². The van der Waals surface area contributed by atoms with Crippen LogP contribution in [-0.2, 0) is 11.3 Å². The number of rotatable bonds is 4. The Bertz CT molecular complexity index is 773. The summed E-state index contributed by atoms with van der Waals surface area (Å²) in [6.07, 6.45) is 3.65. The highest BCUT2D eigenvalue weighted by atomic mass is 32.1. The molecule has 1 aromatic carbocycles. The average molecular weight is 369 g/mol. The van der Waals surface area contributed by atoms with Crippen molar-refractivity contribution in [3.63, 3.8) is 0 Å². The fourth-order valence-corrected chi connectivity index (χ4v) is 4.65. The van der Waals surface area contributed by atoms with Crippen LogP contribution in [0.15, 0.2) is 41.8 Å². The first-order chi connectivity index (χ1) is 12.7. The summed E-state index contributed by atoms with van der Waals surface area (Å²) < 4.78 is 0. The summed E-state index contributed by atoms with van der Waals surface area (Å²) in [4.78, 5) is 29.5. The van der Waals surface area contributed by atoms with Gasteiger partial charge in [0.2, 0.25) is 5.91 Å². The number of urea groups is 1. The van der Waals surface area contributed by atoms with Gasteiger partial charge in [-0.3, -0.25) is 4.79 Å². The molecule has 0 aliphatic carbocycles. The van der Waals surface area contributed by atoms with Crippen LogP contribution in [0.5, 0.6) is 0 Å². The Morgan fingerprint density at radius 3 is 2.69 bits per heavy atom. The highest BCUT2D eigenvalue weighted by Crippen LogP contribution is 2.34. The molecule has 2 fully saturated rings. The minimum absolute atomic E-state index is 0.000280. The summed E-state index contributed by atoms with van der Waals surface area (Å²) >= 11 is 1.72. The van der Waals surface area contributed by atoms with Gasteiger partial charge in [-0.05, 0) is 48.4 Å². The summed E-state index contributed by atoms with van der Waals surface area (Å²) in [5.74, 6) is 0.194. The fraction of sp³-hybridized carbons (Fsp3) is 0.400. The van der Waals surface area contributed by atoms with Crippen molar-refractivity contribution in [1.29, 1.82) is 0 Å². The van der Waals surface area contributed by atoms with E-state index in [4.69, 9.17) is 0 Å². The zero-order chi connectivity index (χ0) is 17.9. The summed E-state index contributed by atoms with van der Waals surface area (Å²) in [6.45, 7) is 2.11. The number of likely N-dealkylation sites (tertiary alicyclic amines) is 1. The third kappa shape index (κ3) is 3.46. The number of carbonyl (C=O) groups excluding carboxylic acids is 2. The molecule has 136 valence electrons. The van der Waals surface area contributed by atoms with E-state index in [1.165, 1.54) is 4.88 Å². The Kier molecular flexibility index (Phi) is 4.93. The molecule has 1 aromatic heterocycles. The molecule has 2 aromatic rings. The molecule has 26 heavy (non-hydrogen) atoms. The van der Waals surface area contributed by atoms with Crippen molar-refractivity contribution in [2.75, 3.05) is 18.0 Å². The maximum absolute atomic E-state index is 12.6. The number of amides is 3. The number of hydrogen-bond donors (Lipinski definition) is 1.